The van der Waals surface area contributed by atoms with Gasteiger partial charge in [0, 0.05) is 15.1 Å². The van der Waals surface area contributed by atoms with Gasteiger partial charge in [-0.2, -0.15) is 0 Å². The van der Waals surface area contributed by atoms with E-state index in [9.17, 15) is 8.42 Å². The summed E-state index contributed by atoms with van der Waals surface area (Å²) in [5.74, 6) is 0. The molecular formula is C13H11Br2ClN2O2S. The number of hydrogen-bond acceptors (Lipinski definition) is 3. The normalized spacial score (nSPS) is 11.5. The number of benzene rings is 1. The van der Waals surface area contributed by atoms with Crippen molar-refractivity contribution < 1.29 is 8.42 Å². The number of nitrogens with one attached hydrogen (secondary N) is 1. The standard InChI is InChI=1S/C13H11Br2ClN2O2S/c1-7-3-9(14)4-8(2)12(7)18-21(19,20)11-5-10(15)6-17-13(11)16/h3-6,18H,1-2H3. The summed E-state index contributed by atoms with van der Waals surface area (Å²) >= 11 is 12.5. The van der Waals surface area contributed by atoms with Crippen LogP contribution in [-0.2, 0) is 10.0 Å². The molecule has 0 aliphatic carbocycles. The van der Waals surface area contributed by atoms with Crippen LogP contribution in [0.15, 0.2) is 38.2 Å². The van der Waals surface area contributed by atoms with Crippen LogP contribution in [0.5, 0.6) is 0 Å². The highest BCUT2D eigenvalue weighted by Gasteiger charge is 2.21. The van der Waals surface area contributed by atoms with Gasteiger partial charge in [-0.3, -0.25) is 4.72 Å². The van der Waals surface area contributed by atoms with Crippen LogP contribution >= 0.6 is 43.5 Å². The molecular weight excluding hydrogens is 443 g/mol. The van der Waals surface area contributed by atoms with Crippen molar-refractivity contribution in [3.63, 3.8) is 0 Å². The van der Waals surface area contributed by atoms with Crippen molar-refractivity contribution in [1.82, 2.24) is 4.98 Å². The molecule has 0 fully saturated rings. The van der Waals surface area contributed by atoms with Gasteiger partial charge < -0.3 is 0 Å². The van der Waals surface area contributed by atoms with E-state index >= 15 is 0 Å². The maximum Gasteiger partial charge on any atom is 0.265 e. The van der Waals surface area contributed by atoms with E-state index in [0.29, 0.717) is 10.2 Å². The average molecular weight is 455 g/mol. The van der Waals surface area contributed by atoms with Gasteiger partial charge in [0.25, 0.3) is 10.0 Å². The minimum absolute atomic E-state index is 0.0692. The van der Waals surface area contributed by atoms with E-state index in [4.69, 9.17) is 11.6 Å². The van der Waals surface area contributed by atoms with E-state index in [1.165, 1.54) is 12.3 Å². The predicted molar refractivity (Wildman–Crippen MR) is 91.4 cm³/mol. The third-order valence-corrected chi connectivity index (χ3v) is 5.46. The van der Waals surface area contributed by atoms with Gasteiger partial charge in [-0.05, 0) is 59.1 Å². The second-order valence-corrected chi connectivity index (χ2v) is 8.30. The molecule has 1 N–H and O–H groups in total. The summed E-state index contributed by atoms with van der Waals surface area (Å²) < 4.78 is 29.0. The fourth-order valence-electron chi connectivity index (χ4n) is 1.85. The number of rotatable bonds is 3. The number of nitrogens with zero attached hydrogens (tertiary/aromatic N) is 1. The number of sulfonamides is 1. The first-order valence-corrected chi connectivity index (χ1v) is 9.26. The minimum atomic E-state index is -3.81. The lowest BCUT2D eigenvalue weighted by Gasteiger charge is -2.14. The van der Waals surface area contributed by atoms with Gasteiger partial charge in [0.05, 0.1) is 5.69 Å². The second kappa shape index (κ2) is 6.24. The number of pyridine rings is 1. The fraction of sp³-hybridized carbons (Fsp3) is 0.154. The Kier molecular flexibility index (Phi) is 4.97. The quantitative estimate of drug-likeness (QED) is 0.686. The van der Waals surface area contributed by atoms with E-state index in [2.05, 4.69) is 41.6 Å². The Bertz CT molecular complexity index is 787. The lowest BCUT2D eigenvalue weighted by molar-refractivity contribution is 0.600. The van der Waals surface area contributed by atoms with Gasteiger partial charge in [0.1, 0.15) is 10.0 Å². The molecule has 0 unspecified atom stereocenters. The van der Waals surface area contributed by atoms with Crippen molar-refractivity contribution >= 4 is 59.2 Å². The molecule has 21 heavy (non-hydrogen) atoms. The summed E-state index contributed by atoms with van der Waals surface area (Å²) in [4.78, 5) is 3.77. The molecule has 0 radical (unpaired) electrons. The molecule has 4 nitrogen and oxygen atoms in total. The third kappa shape index (κ3) is 3.77. The van der Waals surface area contributed by atoms with Gasteiger partial charge in [0.2, 0.25) is 0 Å². The highest BCUT2D eigenvalue weighted by Crippen LogP contribution is 2.29. The van der Waals surface area contributed by atoms with Crippen LogP contribution in [0.25, 0.3) is 0 Å². The number of aromatic nitrogens is 1. The molecule has 0 amide bonds. The highest BCUT2D eigenvalue weighted by molar-refractivity contribution is 9.10. The monoisotopic (exact) mass is 452 g/mol. The Hall–Kier alpha value is -0.630. The van der Waals surface area contributed by atoms with Crippen molar-refractivity contribution in [2.75, 3.05) is 4.72 Å². The molecule has 0 bridgehead atoms. The van der Waals surface area contributed by atoms with Crippen LogP contribution in [0.3, 0.4) is 0 Å². The minimum Gasteiger partial charge on any atom is -0.279 e. The van der Waals surface area contributed by atoms with Crippen LogP contribution in [0.2, 0.25) is 5.15 Å². The summed E-state index contributed by atoms with van der Waals surface area (Å²) in [6.45, 7) is 3.66. The Morgan fingerprint density at radius 1 is 1.10 bits per heavy atom. The van der Waals surface area contributed by atoms with E-state index < -0.39 is 10.0 Å². The number of anilines is 1. The first-order chi connectivity index (χ1) is 9.70. The molecule has 0 saturated carbocycles. The maximum absolute atomic E-state index is 12.5. The van der Waals surface area contributed by atoms with Crippen LogP contribution in [0.1, 0.15) is 11.1 Å². The van der Waals surface area contributed by atoms with Crippen LogP contribution < -0.4 is 4.72 Å². The van der Waals surface area contributed by atoms with E-state index in [-0.39, 0.29) is 10.0 Å². The highest BCUT2D eigenvalue weighted by atomic mass is 79.9. The zero-order valence-electron chi connectivity index (χ0n) is 11.1. The molecule has 0 saturated heterocycles. The molecule has 0 spiro atoms. The molecule has 112 valence electrons. The molecule has 1 aromatic heterocycles. The maximum atomic E-state index is 12.5. The lowest BCUT2D eigenvalue weighted by atomic mass is 10.1. The number of halogens is 3. The summed E-state index contributed by atoms with van der Waals surface area (Å²) in [7, 11) is -3.81. The zero-order valence-corrected chi connectivity index (χ0v) is 15.9. The molecule has 1 aromatic carbocycles. The lowest BCUT2D eigenvalue weighted by Crippen LogP contribution is -2.15. The van der Waals surface area contributed by atoms with Crippen molar-refractivity contribution in [3.05, 3.63) is 49.6 Å². The predicted octanol–water partition coefficient (Wildman–Crippen LogP) is 4.68. The van der Waals surface area contributed by atoms with Gasteiger partial charge in [-0.1, -0.05) is 27.5 Å². The van der Waals surface area contributed by atoms with Crippen molar-refractivity contribution in [2.45, 2.75) is 18.7 Å². The largest absolute Gasteiger partial charge is 0.279 e. The zero-order chi connectivity index (χ0) is 15.8. The number of aryl methyl sites for hydroxylation is 2. The van der Waals surface area contributed by atoms with Crippen LogP contribution in [-0.4, -0.2) is 13.4 Å². The first kappa shape index (κ1) is 16.7. The van der Waals surface area contributed by atoms with Crippen molar-refractivity contribution in [1.29, 1.82) is 0 Å². The summed E-state index contributed by atoms with van der Waals surface area (Å²) in [5.41, 5.74) is 2.16. The van der Waals surface area contributed by atoms with Gasteiger partial charge in [0.15, 0.2) is 0 Å². The Morgan fingerprint density at radius 2 is 1.67 bits per heavy atom. The van der Waals surface area contributed by atoms with Gasteiger partial charge in [-0.15, -0.1) is 0 Å². The van der Waals surface area contributed by atoms with Crippen LogP contribution in [0, 0.1) is 13.8 Å². The fourth-order valence-corrected chi connectivity index (χ4v) is 4.69. The molecule has 2 aromatic rings. The second-order valence-electron chi connectivity index (χ2n) is 4.46. The first-order valence-electron chi connectivity index (χ1n) is 5.81. The molecule has 2 rings (SSSR count). The summed E-state index contributed by atoms with van der Waals surface area (Å²) in [5, 5.41) is -0.0712. The molecule has 0 aliphatic rings. The summed E-state index contributed by atoms with van der Waals surface area (Å²) in [6, 6.07) is 5.10. The van der Waals surface area contributed by atoms with E-state index in [0.717, 1.165) is 15.6 Å². The number of hydrogen-bond donors (Lipinski definition) is 1. The molecule has 8 heteroatoms. The smallest absolute Gasteiger partial charge is 0.265 e. The van der Waals surface area contributed by atoms with Crippen molar-refractivity contribution in [2.24, 2.45) is 0 Å². The molecule has 1 heterocycles. The molecule has 0 atom stereocenters. The van der Waals surface area contributed by atoms with Crippen molar-refractivity contribution in [3.8, 4) is 0 Å². The van der Waals surface area contributed by atoms with E-state index in [1.807, 2.05) is 26.0 Å². The Balaban J connectivity index is 2.50. The van der Waals surface area contributed by atoms with Crippen LogP contribution in [0.4, 0.5) is 5.69 Å². The van der Waals surface area contributed by atoms with E-state index in [1.54, 1.807) is 0 Å². The molecule has 0 aliphatic heterocycles. The van der Waals surface area contributed by atoms with Gasteiger partial charge >= 0.3 is 0 Å². The SMILES string of the molecule is Cc1cc(Br)cc(C)c1NS(=O)(=O)c1cc(Br)cnc1Cl. The Labute approximate surface area is 145 Å². The summed E-state index contributed by atoms with van der Waals surface area (Å²) in [6.07, 6.45) is 1.44. The Morgan fingerprint density at radius 3 is 2.24 bits per heavy atom. The van der Waals surface area contributed by atoms with Gasteiger partial charge in [-0.25, -0.2) is 13.4 Å². The topological polar surface area (TPSA) is 59.1 Å². The third-order valence-electron chi connectivity index (χ3n) is 2.80. The average Bonchev–Trinajstić information content (AvgIpc) is 2.36.